The molecule has 7 nitrogen and oxygen atoms in total. The van der Waals surface area contributed by atoms with E-state index in [0.29, 0.717) is 10.7 Å². The molecule has 2 aromatic rings. The van der Waals surface area contributed by atoms with Crippen molar-refractivity contribution < 1.29 is 9.59 Å². The van der Waals surface area contributed by atoms with Crippen LogP contribution >= 0.6 is 11.3 Å². The molecule has 104 valence electrons. The zero-order valence-electron chi connectivity index (χ0n) is 11.0. The molecule has 2 heterocycles. The molecule has 0 aromatic carbocycles. The van der Waals surface area contributed by atoms with Crippen LogP contribution in [0.3, 0.4) is 0 Å². The van der Waals surface area contributed by atoms with Crippen molar-refractivity contribution in [3.63, 3.8) is 0 Å². The SMILES string of the molecule is CN(C)C(=O)CNC(=O)c1csc(-c2cnccn2)n1. The molecule has 0 aliphatic carbocycles. The van der Waals surface area contributed by atoms with Crippen molar-refractivity contribution in [3.8, 4) is 10.7 Å². The van der Waals surface area contributed by atoms with Crippen molar-refractivity contribution in [2.75, 3.05) is 20.6 Å². The Morgan fingerprint density at radius 3 is 2.80 bits per heavy atom. The zero-order valence-corrected chi connectivity index (χ0v) is 11.8. The first-order valence-electron chi connectivity index (χ1n) is 5.78. The molecule has 2 rings (SSSR count). The van der Waals surface area contributed by atoms with Gasteiger partial charge in [0.05, 0.1) is 12.7 Å². The Labute approximate surface area is 119 Å². The Hall–Kier alpha value is -2.35. The first-order valence-corrected chi connectivity index (χ1v) is 6.66. The fourth-order valence-corrected chi connectivity index (χ4v) is 2.07. The van der Waals surface area contributed by atoms with Crippen molar-refractivity contribution in [2.24, 2.45) is 0 Å². The molecule has 0 aliphatic rings. The van der Waals surface area contributed by atoms with Gasteiger partial charge in [0.15, 0.2) is 0 Å². The van der Waals surface area contributed by atoms with Gasteiger partial charge in [-0.1, -0.05) is 0 Å². The summed E-state index contributed by atoms with van der Waals surface area (Å²) in [4.78, 5) is 36.9. The summed E-state index contributed by atoms with van der Waals surface area (Å²) in [5.74, 6) is -0.561. The number of rotatable bonds is 4. The summed E-state index contributed by atoms with van der Waals surface area (Å²) in [7, 11) is 3.26. The monoisotopic (exact) mass is 291 g/mol. The second-order valence-corrected chi connectivity index (χ2v) is 4.96. The van der Waals surface area contributed by atoms with Gasteiger partial charge >= 0.3 is 0 Å². The number of hydrogen-bond acceptors (Lipinski definition) is 6. The predicted molar refractivity (Wildman–Crippen MR) is 74.2 cm³/mol. The van der Waals surface area contributed by atoms with Gasteiger partial charge in [-0.25, -0.2) is 4.98 Å². The number of amides is 2. The average Bonchev–Trinajstić information content (AvgIpc) is 2.95. The number of likely N-dealkylation sites (N-methyl/N-ethyl adjacent to an activating group) is 1. The van der Waals surface area contributed by atoms with Crippen LogP contribution in [0, 0.1) is 0 Å². The lowest BCUT2D eigenvalue weighted by atomic mass is 10.4. The van der Waals surface area contributed by atoms with Crippen molar-refractivity contribution in [3.05, 3.63) is 29.7 Å². The van der Waals surface area contributed by atoms with Gasteiger partial charge in [-0.2, -0.15) is 0 Å². The van der Waals surface area contributed by atoms with Crippen LogP contribution in [0.4, 0.5) is 0 Å². The van der Waals surface area contributed by atoms with Gasteiger partial charge in [0.1, 0.15) is 16.4 Å². The Balaban J connectivity index is 2.02. The molecule has 0 fully saturated rings. The number of aromatic nitrogens is 3. The topological polar surface area (TPSA) is 88.1 Å². The van der Waals surface area contributed by atoms with Crippen LogP contribution < -0.4 is 5.32 Å². The van der Waals surface area contributed by atoms with E-state index in [1.165, 1.54) is 16.2 Å². The molecule has 1 N–H and O–H groups in total. The largest absolute Gasteiger partial charge is 0.347 e. The number of carbonyl (C=O) groups excluding carboxylic acids is 2. The van der Waals surface area contributed by atoms with Crippen LogP contribution in [0.15, 0.2) is 24.0 Å². The van der Waals surface area contributed by atoms with E-state index in [9.17, 15) is 9.59 Å². The third kappa shape index (κ3) is 3.35. The molecule has 0 radical (unpaired) electrons. The third-order valence-electron chi connectivity index (χ3n) is 2.42. The summed E-state index contributed by atoms with van der Waals surface area (Å²) in [6.45, 7) is -0.0518. The molecule has 8 heteroatoms. The highest BCUT2D eigenvalue weighted by atomic mass is 32.1. The molecule has 0 unspecified atom stereocenters. The Kier molecular flexibility index (Phi) is 4.36. The lowest BCUT2D eigenvalue weighted by Crippen LogP contribution is -2.36. The minimum absolute atomic E-state index is 0.0518. The molecule has 0 atom stereocenters. The molecule has 2 aromatic heterocycles. The molecule has 2 amide bonds. The maximum Gasteiger partial charge on any atom is 0.271 e. The summed E-state index contributed by atoms with van der Waals surface area (Å²) in [6.07, 6.45) is 4.71. The number of thiazole rings is 1. The number of hydrogen-bond donors (Lipinski definition) is 1. The standard InChI is InChI=1S/C12H13N5O2S/c1-17(2)10(18)6-15-11(19)9-7-20-12(16-9)8-5-13-3-4-14-8/h3-5,7H,6H2,1-2H3,(H,15,19). The third-order valence-corrected chi connectivity index (χ3v) is 3.28. The number of nitrogens with zero attached hydrogens (tertiary/aromatic N) is 4. The van der Waals surface area contributed by atoms with Crippen LogP contribution in [0.5, 0.6) is 0 Å². The summed E-state index contributed by atoms with van der Waals surface area (Å²) in [5, 5.41) is 4.76. The molecular formula is C12H13N5O2S. The smallest absolute Gasteiger partial charge is 0.271 e. The van der Waals surface area contributed by atoms with Gasteiger partial charge in [-0.3, -0.25) is 19.6 Å². The number of nitrogens with one attached hydrogen (secondary N) is 1. The zero-order chi connectivity index (χ0) is 14.5. The molecule has 0 saturated heterocycles. The normalized spacial score (nSPS) is 10.1. The lowest BCUT2D eigenvalue weighted by Gasteiger charge is -2.10. The second-order valence-electron chi connectivity index (χ2n) is 4.10. The maximum atomic E-state index is 11.8. The summed E-state index contributed by atoms with van der Waals surface area (Å²) in [6, 6.07) is 0. The molecular weight excluding hydrogens is 278 g/mol. The molecule has 20 heavy (non-hydrogen) atoms. The summed E-state index contributed by atoms with van der Waals surface area (Å²) < 4.78 is 0. The quantitative estimate of drug-likeness (QED) is 0.882. The highest BCUT2D eigenvalue weighted by Crippen LogP contribution is 2.20. The molecule has 0 saturated carbocycles. The van der Waals surface area contributed by atoms with E-state index in [0.717, 1.165) is 0 Å². The molecule has 0 spiro atoms. The van der Waals surface area contributed by atoms with Gasteiger partial charge in [0, 0.05) is 31.9 Å². The first kappa shape index (κ1) is 14.1. The van der Waals surface area contributed by atoms with Gasteiger partial charge in [-0.05, 0) is 0 Å². The van der Waals surface area contributed by atoms with Crippen LogP contribution in [0.2, 0.25) is 0 Å². The average molecular weight is 291 g/mol. The van der Waals surface area contributed by atoms with Crippen LogP contribution in [0.1, 0.15) is 10.5 Å². The second kappa shape index (κ2) is 6.20. The van der Waals surface area contributed by atoms with E-state index in [1.807, 2.05) is 0 Å². The van der Waals surface area contributed by atoms with E-state index in [-0.39, 0.29) is 24.1 Å². The van der Waals surface area contributed by atoms with E-state index in [2.05, 4.69) is 20.3 Å². The predicted octanol–water partition coefficient (Wildman–Crippen LogP) is 0.418. The maximum absolute atomic E-state index is 11.8. The Morgan fingerprint density at radius 2 is 2.15 bits per heavy atom. The van der Waals surface area contributed by atoms with E-state index >= 15 is 0 Å². The Morgan fingerprint density at radius 1 is 1.35 bits per heavy atom. The first-order chi connectivity index (χ1) is 9.58. The van der Waals surface area contributed by atoms with Crippen molar-refractivity contribution in [1.29, 1.82) is 0 Å². The minimum Gasteiger partial charge on any atom is -0.347 e. The van der Waals surface area contributed by atoms with Gasteiger partial charge in [0.2, 0.25) is 5.91 Å². The fourth-order valence-electron chi connectivity index (χ4n) is 1.31. The Bertz CT molecular complexity index is 611. The lowest BCUT2D eigenvalue weighted by molar-refractivity contribution is -0.127. The highest BCUT2D eigenvalue weighted by molar-refractivity contribution is 7.13. The minimum atomic E-state index is -0.383. The fraction of sp³-hybridized carbons (Fsp3) is 0.250. The van der Waals surface area contributed by atoms with Gasteiger partial charge in [0.25, 0.3) is 5.91 Å². The summed E-state index contributed by atoms with van der Waals surface area (Å²) in [5.41, 5.74) is 0.878. The molecule has 0 aliphatic heterocycles. The highest BCUT2D eigenvalue weighted by Gasteiger charge is 2.14. The van der Waals surface area contributed by atoms with Crippen molar-refractivity contribution >= 4 is 23.2 Å². The van der Waals surface area contributed by atoms with Crippen molar-refractivity contribution in [1.82, 2.24) is 25.2 Å². The van der Waals surface area contributed by atoms with Gasteiger partial charge in [-0.15, -0.1) is 11.3 Å². The van der Waals surface area contributed by atoms with E-state index < -0.39 is 0 Å². The van der Waals surface area contributed by atoms with E-state index in [1.54, 1.807) is 38.1 Å². The van der Waals surface area contributed by atoms with E-state index in [4.69, 9.17) is 0 Å². The van der Waals surface area contributed by atoms with Crippen LogP contribution in [-0.4, -0.2) is 52.3 Å². The van der Waals surface area contributed by atoms with Crippen LogP contribution in [0.25, 0.3) is 10.7 Å². The molecule has 0 bridgehead atoms. The van der Waals surface area contributed by atoms with Crippen LogP contribution in [-0.2, 0) is 4.79 Å². The number of carbonyl (C=O) groups is 2. The summed E-state index contributed by atoms with van der Waals surface area (Å²) >= 11 is 1.30. The van der Waals surface area contributed by atoms with Gasteiger partial charge < -0.3 is 10.2 Å². The van der Waals surface area contributed by atoms with Crippen molar-refractivity contribution in [2.45, 2.75) is 0 Å².